The fourth-order valence-corrected chi connectivity index (χ4v) is 3.53. The van der Waals surface area contributed by atoms with Crippen LogP contribution in [0.4, 0.5) is 5.95 Å². The first-order valence-corrected chi connectivity index (χ1v) is 9.08. The Morgan fingerprint density at radius 3 is 2.59 bits per heavy atom. The van der Waals surface area contributed by atoms with Crippen LogP contribution in [0.5, 0.6) is 0 Å². The Kier molecular flexibility index (Phi) is 4.39. The van der Waals surface area contributed by atoms with Crippen LogP contribution >= 0.6 is 0 Å². The lowest BCUT2D eigenvalue weighted by Gasteiger charge is -2.29. The highest BCUT2D eigenvalue weighted by atomic mass is 16.2. The lowest BCUT2D eigenvalue weighted by molar-refractivity contribution is 0.0735. The third-order valence-corrected chi connectivity index (χ3v) is 4.93. The quantitative estimate of drug-likeness (QED) is 0.720. The van der Waals surface area contributed by atoms with Crippen molar-refractivity contribution in [2.75, 3.05) is 25.5 Å². The van der Waals surface area contributed by atoms with E-state index in [1.807, 2.05) is 61.3 Å². The standard InChI is InChI=1S/C21H23N5O/c1-24(2)21-22-19(23-25(21)3)16-9-6-10-17(13-16)20(27)26-12-11-15-7-4-5-8-18(15)14-26/h4-10,13H,11-12,14H2,1-3H3. The predicted octanol–water partition coefficient (Wildman–Crippen LogP) is 2.75. The number of nitrogens with zero attached hydrogens (tertiary/aromatic N) is 5. The number of amides is 1. The van der Waals surface area contributed by atoms with Gasteiger partial charge in [0, 0.05) is 45.4 Å². The maximum atomic E-state index is 13.0. The van der Waals surface area contributed by atoms with Gasteiger partial charge in [0.2, 0.25) is 5.95 Å². The molecule has 0 spiro atoms. The number of benzene rings is 2. The molecule has 0 N–H and O–H groups in total. The Balaban J connectivity index is 1.59. The summed E-state index contributed by atoms with van der Waals surface area (Å²) in [6.07, 6.45) is 0.898. The normalized spacial score (nSPS) is 13.4. The first kappa shape index (κ1) is 17.3. The summed E-state index contributed by atoms with van der Waals surface area (Å²) in [6, 6.07) is 15.9. The Bertz CT molecular complexity index is 992. The van der Waals surface area contributed by atoms with Gasteiger partial charge < -0.3 is 9.80 Å². The van der Waals surface area contributed by atoms with Crippen LogP contribution in [0.3, 0.4) is 0 Å². The SMILES string of the molecule is CN(C)c1nc(-c2cccc(C(=O)N3CCc4ccccc4C3)c2)nn1C. The molecular weight excluding hydrogens is 338 g/mol. The van der Waals surface area contributed by atoms with Crippen LogP contribution in [0.2, 0.25) is 0 Å². The maximum absolute atomic E-state index is 13.0. The zero-order chi connectivity index (χ0) is 19.0. The molecule has 2 aromatic carbocycles. The molecule has 0 radical (unpaired) electrons. The smallest absolute Gasteiger partial charge is 0.254 e. The van der Waals surface area contributed by atoms with Crippen molar-refractivity contribution < 1.29 is 4.79 Å². The number of rotatable bonds is 3. The predicted molar refractivity (Wildman–Crippen MR) is 106 cm³/mol. The van der Waals surface area contributed by atoms with Crippen molar-refractivity contribution in [1.29, 1.82) is 0 Å². The third-order valence-electron chi connectivity index (χ3n) is 4.93. The van der Waals surface area contributed by atoms with Gasteiger partial charge in [0.25, 0.3) is 5.91 Å². The number of fused-ring (bicyclic) bond motifs is 1. The summed E-state index contributed by atoms with van der Waals surface area (Å²) in [7, 11) is 5.73. The first-order chi connectivity index (χ1) is 13.0. The second-order valence-corrected chi connectivity index (χ2v) is 7.08. The molecule has 1 aromatic heterocycles. The van der Waals surface area contributed by atoms with Crippen LogP contribution in [-0.4, -0.2) is 46.2 Å². The molecule has 6 nitrogen and oxygen atoms in total. The summed E-state index contributed by atoms with van der Waals surface area (Å²) in [5, 5.41) is 4.48. The molecule has 1 aliphatic rings. The minimum atomic E-state index is 0.0510. The van der Waals surface area contributed by atoms with E-state index in [1.165, 1.54) is 11.1 Å². The summed E-state index contributed by atoms with van der Waals surface area (Å²) in [5.74, 6) is 1.45. The van der Waals surface area contributed by atoms with Gasteiger partial charge in [-0.3, -0.25) is 4.79 Å². The van der Waals surface area contributed by atoms with E-state index in [0.717, 1.165) is 24.5 Å². The van der Waals surface area contributed by atoms with Crippen LogP contribution < -0.4 is 4.90 Å². The highest BCUT2D eigenvalue weighted by Gasteiger charge is 2.22. The maximum Gasteiger partial charge on any atom is 0.254 e. The molecule has 27 heavy (non-hydrogen) atoms. The van der Waals surface area contributed by atoms with Crippen LogP contribution in [0.15, 0.2) is 48.5 Å². The summed E-state index contributed by atoms with van der Waals surface area (Å²) in [6.45, 7) is 1.40. The van der Waals surface area contributed by atoms with Crippen molar-refractivity contribution in [1.82, 2.24) is 19.7 Å². The van der Waals surface area contributed by atoms with Crippen LogP contribution in [0.1, 0.15) is 21.5 Å². The molecule has 2 heterocycles. The fourth-order valence-electron chi connectivity index (χ4n) is 3.53. The van der Waals surface area contributed by atoms with Crippen molar-refractivity contribution in [3.63, 3.8) is 0 Å². The van der Waals surface area contributed by atoms with Crippen molar-refractivity contribution >= 4 is 11.9 Å². The summed E-state index contributed by atoms with van der Waals surface area (Å²) in [5.41, 5.74) is 4.09. The van der Waals surface area contributed by atoms with Gasteiger partial charge in [0.1, 0.15) is 0 Å². The Labute approximate surface area is 159 Å². The number of anilines is 1. The van der Waals surface area contributed by atoms with Crippen LogP contribution in [-0.2, 0) is 20.0 Å². The van der Waals surface area contributed by atoms with E-state index in [4.69, 9.17) is 0 Å². The third kappa shape index (κ3) is 3.30. The lowest BCUT2D eigenvalue weighted by Crippen LogP contribution is -2.35. The molecule has 0 aliphatic carbocycles. The molecule has 1 aliphatic heterocycles. The van der Waals surface area contributed by atoms with Crippen molar-refractivity contribution in [2.45, 2.75) is 13.0 Å². The largest absolute Gasteiger partial charge is 0.347 e. The molecule has 0 saturated heterocycles. The van der Waals surface area contributed by atoms with E-state index >= 15 is 0 Å². The molecular formula is C21H23N5O. The van der Waals surface area contributed by atoms with Gasteiger partial charge in [0.15, 0.2) is 5.82 Å². The molecule has 6 heteroatoms. The minimum Gasteiger partial charge on any atom is -0.347 e. The molecule has 3 aromatic rings. The molecule has 4 rings (SSSR count). The lowest BCUT2D eigenvalue weighted by atomic mass is 9.99. The first-order valence-electron chi connectivity index (χ1n) is 9.08. The van der Waals surface area contributed by atoms with Crippen molar-refractivity contribution in [3.05, 3.63) is 65.2 Å². The van der Waals surface area contributed by atoms with E-state index in [2.05, 4.69) is 28.3 Å². The number of hydrogen-bond acceptors (Lipinski definition) is 4. The van der Waals surface area contributed by atoms with Crippen LogP contribution in [0.25, 0.3) is 11.4 Å². The summed E-state index contributed by atoms with van der Waals surface area (Å²) in [4.78, 5) is 21.4. The number of aromatic nitrogens is 3. The average Bonchev–Trinajstić information content (AvgIpc) is 3.09. The number of aryl methyl sites for hydroxylation is 1. The number of carbonyl (C=O) groups is 1. The zero-order valence-electron chi connectivity index (χ0n) is 15.9. The summed E-state index contributed by atoms with van der Waals surface area (Å²) >= 11 is 0. The zero-order valence-corrected chi connectivity index (χ0v) is 15.9. The van der Waals surface area contributed by atoms with Crippen LogP contribution in [0, 0.1) is 0 Å². The molecule has 0 unspecified atom stereocenters. The van der Waals surface area contributed by atoms with Crippen molar-refractivity contribution in [2.24, 2.45) is 7.05 Å². The molecule has 0 fully saturated rings. The van der Waals surface area contributed by atoms with E-state index in [0.29, 0.717) is 17.9 Å². The number of hydrogen-bond donors (Lipinski definition) is 0. The molecule has 138 valence electrons. The van der Waals surface area contributed by atoms with Gasteiger partial charge in [-0.1, -0.05) is 36.4 Å². The average molecular weight is 361 g/mol. The number of carbonyl (C=O) groups excluding carboxylic acids is 1. The van der Waals surface area contributed by atoms with Gasteiger partial charge in [-0.15, -0.1) is 5.10 Å². The van der Waals surface area contributed by atoms with Gasteiger partial charge in [-0.25, -0.2) is 4.68 Å². The van der Waals surface area contributed by atoms with Gasteiger partial charge in [0.05, 0.1) is 0 Å². The van der Waals surface area contributed by atoms with Crippen molar-refractivity contribution in [3.8, 4) is 11.4 Å². The van der Waals surface area contributed by atoms with Gasteiger partial charge in [-0.2, -0.15) is 4.98 Å². The van der Waals surface area contributed by atoms with Gasteiger partial charge >= 0.3 is 0 Å². The highest BCUT2D eigenvalue weighted by Crippen LogP contribution is 2.23. The highest BCUT2D eigenvalue weighted by molar-refractivity contribution is 5.95. The van der Waals surface area contributed by atoms with E-state index in [9.17, 15) is 4.79 Å². The topological polar surface area (TPSA) is 54.3 Å². The van der Waals surface area contributed by atoms with E-state index in [-0.39, 0.29) is 5.91 Å². The molecule has 0 atom stereocenters. The summed E-state index contributed by atoms with van der Waals surface area (Å²) < 4.78 is 1.74. The Morgan fingerprint density at radius 1 is 1.07 bits per heavy atom. The molecule has 0 saturated carbocycles. The molecule has 1 amide bonds. The molecule has 0 bridgehead atoms. The monoisotopic (exact) mass is 361 g/mol. The Hall–Kier alpha value is -3.15. The van der Waals surface area contributed by atoms with Gasteiger partial charge in [-0.05, 0) is 29.7 Å². The minimum absolute atomic E-state index is 0.0510. The second kappa shape index (κ2) is 6.87. The fraction of sp³-hybridized carbons (Fsp3) is 0.286. The van der Waals surface area contributed by atoms with E-state index in [1.54, 1.807) is 4.68 Å². The Morgan fingerprint density at radius 2 is 1.85 bits per heavy atom. The van der Waals surface area contributed by atoms with E-state index < -0.39 is 0 Å². The second-order valence-electron chi connectivity index (χ2n) is 7.08.